The van der Waals surface area contributed by atoms with Gasteiger partial charge in [0.2, 0.25) is 5.91 Å². The van der Waals surface area contributed by atoms with Crippen molar-refractivity contribution < 1.29 is 19.1 Å². The first-order valence-corrected chi connectivity index (χ1v) is 11.2. The molecule has 2 aromatic rings. The monoisotopic (exact) mass is 443 g/mol. The van der Waals surface area contributed by atoms with Crippen molar-refractivity contribution in [3.05, 3.63) is 51.1 Å². The van der Waals surface area contributed by atoms with Gasteiger partial charge in [0, 0.05) is 22.8 Å². The third kappa shape index (κ3) is 4.58. The number of carbonyl (C=O) groups is 3. The summed E-state index contributed by atoms with van der Waals surface area (Å²) < 4.78 is 5.39. The number of anilines is 2. The van der Waals surface area contributed by atoms with Gasteiger partial charge in [-0.2, -0.15) is 0 Å². The Labute approximate surface area is 182 Å². The number of para-hydroxylation sites is 2. The van der Waals surface area contributed by atoms with Crippen LogP contribution in [0.25, 0.3) is 6.08 Å². The summed E-state index contributed by atoms with van der Waals surface area (Å²) in [6.07, 6.45) is 1.70. The summed E-state index contributed by atoms with van der Waals surface area (Å²) in [6, 6.07) is 11.4. The first-order valence-electron chi connectivity index (χ1n) is 9.54. The van der Waals surface area contributed by atoms with Crippen LogP contribution in [0.2, 0.25) is 0 Å². The van der Waals surface area contributed by atoms with E-state index in [1.807, 2.05) is 43.3 Å². The number of hydrogen-bond acceptors (Lipinski definition) is 7. The lowest BCUT2D eigenvalue weighted by molar-refractivity contribution is -0.127. The quantitative estimate of drug-likeness (QED) is 0.712. The number of imide groups is 1. The van der Waals surface area contributed by atoms with E-state index in [1.54, 1.807) is 17.4 Å². The average molecular weight is 444 g/mol. The van der Waals surface area contributed by atoms with Crippen molar-refractivity contribution >= 4 is 57.6 Å². The molecular weight excluding hydrogens is 422 g/mol. The second kappa shape index (κ2) is 9.03. The molecule has 2 fully saturated rings. The number of carbonyl (C=O) groups excluding carboxylic acids is 3. The summed E-state index contributed by atoms with van der Waals surface area (Å²) in [7, 11) is 0. The largest absolute Gasteiger partial charge is 0.378 e. The van der Waals surface area contributed by atoms with Crippen molar-refractivity contribution in [2.45, 2.75) is 6.92 Å². The summed E-state index contributed by atoms with van der Waals surface area (Å²) in [5.41, 5.74) is 1.55. The second-order valence-electron chi connectivity index (χ2n) is 6.88. The normalized spacial score (nSPS) is 18.4. The molecule has 7 nitrogen and oxygen atoms in total. The highest BCUT2D eigenvalue weighted by atomic mass is 32.2. The standard InChI is InChI=1S/C21H21N3O4S2/c1-14-6-7-15(29-14)12-18-20(26)24(21(27)30-18)13-19(25)22-16-4-2-3-5-17(16)23-8-10-28-11-9-23/h2-7,12H,8-11,13H2,1H3,(H,22,25)/b18-12+. The van der Waals surface area contributed by atoms with E-state index in [-0.39, 0.29) is 6.54 Å². The van der Waals surface area contributed by atoms with Gasteiger partial charge in [0.05, 0.1) is 29.5 Å². The number of thiophene rings is 1. The Bertz CT molecular complexity index is 1010. The second-order valence-corrected chi connectivity index (χ2v) is 9.19. The molecule has 3 heterocycles. The molecule has 2 aliphatic heterocycles. The molecule has 0 atom stereocenters. The Kier molecular flexibility index (Phi) is 6.21. The van der Waals surface area contributed by atoms with Crippen LogP contribution in [-0.4, -0.2) is 54.8 Å². The molecule has 0 spiro atoms. The molecule has 9 heteroatoms. The van der Waals surface area contributed by atoms with Crippen molar-refractivity contribution in [3.63, 3.8) is 0 Å². The summed E-state index contributed by atoms with van der Waals surface area (Å²) in [6.45, 7) is 4.41. The maximum atomic E-state index is 12.6. The first-order chi connectivity index (χ1) is 14.5. The lowest BCUT2D eigenvalue weighted by Crippen LogP contribution is -2.38. The van der Waals surface area contributed by atoms with E-state index < -0.39 is 17.1 Å². The summed E-state index contributed by atoms with van der Waals surface area (Å²) >= 11 is 2.41. The maximum Gasteiger partial charge on any atom is 0.294 e. The van der Waals surface area contributed by atoms with Crippen LogP contribution in [0.3, 0.4) is 0 Å². The number of thioether (sulfide) groups is 1. The highest BCUT2D eigenvalue weighted by molar-refractivity contribution is 8.18. The van der Waals surface area contributed by atoms with Crippen molar-refractivity contribution in [2.75, 3.05) is 43.1 Å². The lowest BCUT2D eigenvalue weighted by Gasteiger charge is -2.30. The Morgan fingerprint density at radius 3 is 2.67 bits per heavy atom. The molecule has 1 aromatic carbocycles. The van der Waals surface area contributed by atoms with Crippen molar-refractivity contribution in [3.8, 4) is 0 Å². The number of ether oxygens (including phenoxy) is 1. The van der Waals surface area contributed by atoms with E-state index in [1.165, 1.54) is 0 Å². The molecule has 2 saturated heterocycles. The van der Waals surface area contributed by atoms with Crippen LogP contribution < -0.4 is 10.2 Å². The van der Waals surface area contributed by atoms with Gasteiger partial charge >= 0.3 is 0 Å². The van der Waals surface area contributed by atoms with Gasteiger partial charge in [-0.3, -0.25) is 19.3 Å². The Hall–Kier alpha value is -2.62. The minimum atomic E-state index is -0.437. The maximum absolute atomic E-state index is 12.6. The molecule has 0 saturated carbocycles. The molecule has 0 bridgehead atoms. The van der Waals surface area contributed by atoms with Crippen LogP contribution in [0.5, 0.6) is 0 Å². The van der Waals surface area contributed by atoms with Crippen molar-refractivity contribution in [2.24, 2.45) is 0 Å². The smallest absolute Gasteiger partial charge is 0.294 e. The van der Waals surface area contributed by atoms with Crippen LogP contribution in [0, 0.1) is 6.92 Å². The molecule has 0 aliphatic carbocycles. The zero-order valence-corrected chi connectivity index (χ0v) is 18.1. The van der Waals surface area contributed by atoms with Gasteiger partial charge in [-0.15, -0.1) is 11.3 Å². The Morgan fingerprint density at radius 1 is 1.17 bits per heavy atom. The summed E-state index contributed by atoms with van der Waals surface area (Å²) in [4.78, 5) is 43.1. The van der Waals surface area contributed by atoms with Crippen LogP contribution in [0.15, 0.2) is 41.3 Å². The van der Waals surface area contributed by atoms with E-state index in [2.05, 4.69) is 10.2 Å². The van der Waals surface area contributed by atoms with E-state index in [0.717, 1.165) is 45.2 Å². The first kappa shape index (κ1) is 20.6. The fourth-order valence-corrected chi connectivity index (χ4v) is 5.01. The molecule has 1 N–H and O–H groups in total. The van der Waals surface area contributed by atoms with Gasteiger partial charge in [0.25, 0.3) is 11.1 Å². The molecule has 30 heavy (non-hydrogen) atoms. The van der Waals surface area contributed by atoms with Gasteiger partial charge in [-0.05, 0) is 49.0 Å². The fraction of sp³-hybridized carbons (Fsp3) is 0.286. The van der Waals surface area contributed by atoms with E-state index in [0.29, 0.717) is 23.8 Å². The number of rotatable bonds is 5. The van der Waals surface area contributed by atoms with Crippen LogP contribution in [0.1, 0.15) is 9.75 Å². The zero-order valence-electron chi connectivity index (χ0n) is 16.4. The number of morpholine rings is 1. The SMILES string of the molecule is Cc1ccc(/C=C2/SC(=O)N(CC(=O)Nc3ccccc3N3CCOCC3)C2=O)s1. The van der Waals surface area contributed by atoms with Gasteiger partial charge in [0.1, 0.15) is 6.54 Å². The topological polar surface area (TPSA) is 79.0 Å². The van der Waals surface area contributed by atoms with Gasteiger partial charge in [-0.1, -0.05) is 12.1 Å². The van der Waals surface area contributed by atoms with Gasteiger partial charge < -0.3 is 15.0 Å². The number of benzene rings is 1. The van der Waals surface area contributed by atoms with E-state index >= 15 is 0 Å². The zero-order chi connectivity index (χ0) is 21.1. The van der Waals surface area contributed by atoms with Crippen LogP contribution >= 0.6 is 23.1 Å². The van der Waals surface area contributed by atoms with Crippen molar-refractivity contribution in [1.82, 2.24) is 4.90 Å². The predicted molar refractivity (Wildman–Crippen MR) is 120 cm³/mol. The van der Waals surface area contributed by atoms with E-state index in [9.17, 15) is 14.4 Å². The van der Waals surface area contributed by atoms with Gasteiger partial charge in [-0.25, -0.2) is 0 Å². The van der Waals surface area contributed by atoms with Crippen molar-refractivity contribution in [1.29, 1.82) is 0 Å². The number of nitrogens with one attached hydrogen (secondary N) is 1. The molecule has 1 aromatic heterocycles. The molecule has 4 rings (SSSR count). The summed E-state index contributed by atoms with van der Waals surface area (Å²) in [5, 5.41) is 2.42. The minimum Gasteiger partial charge on any atom is -0.378 e. The molecule has 2 aliphatic rings. The predicted octanol–water partition coefficient (Wildman–Crippen LogP) is 3.57. The number of aryl methyl sites for hydroxylation is 1. The lowest BCUT2D eigenvalue weighted by atomic mass is 10.2. The third-order valence-electron chi connectivity index (χ3n) is 4.74. The highest BCUT2D eigenvalue weighted by Crippen LogP contribution is 2.33. The number of amides is 3. The summed E-state index contributed by atoms with van der Waals surface area (Å²) in [5.74, 6) is -0.848. The minimum absolute atomic E-state index is 0.317. The number of nitrogens with zero attached hydrogens (tertiary/aromatic N) is 2. The molecule has 0 unspecified atom stereocenters. The van der Waals surface area contributed by atoms with E-state index in [4.69, 9.17) is 4.74 Å². The highest BCUT2D eigenvalue weighted by Gasteiger charge is 2.36. The Morgan fingerprint density at radius 2 is 1.93 bits per heavy atom. The molecule has 0 radical (unpaired) electrons. The molecule has 156 valence electrons. The van der Waals surface area contributed by atoms with Gasteiger partial charge in [0.15, 0.2) is 0 Å². The van der Waals surface area contributed by atoms with Crippen LogP contribution in [-0.2, 0) is 14.3 Å². The fourth-order valence-electron chi connectivity index (χ4n) is 3.29. The average Bonchev–Trinajstić information content (AvgIpc) is 3.27. The van der Waals surface area contributed by atoms with Crippen LogP contribution in [0.4, 0.5) is 16.2 Å². The molecular formula is C21H21N3O4S2. The Balaban J connectivity index is 1.44. The number of hydrogen-bond donors (Lipinski definition) is 1. The molecule has 3 amide bonds. The third-order valence-corrected chi connectivity index (χ3v) is 6.59.